The molecule has 0 radical (unpaired) electrons. The number of hydrogen-bond acceptors (Lipinski definition) is 5. The predicted molar refractivity (Wildman–Crippen MR) is 71.4 cm³/mol. The van der Waals surface area contributed by atoms with Gasteiger partial charge in [-0.15, -0.1) is 0 Å². The van der Waals surface area contributed by atoms with E-state index in [9.17, 15) is 0 Å². The van der Waals surface area contributed by atoms with Crippen LogP contribution in [0.25, 0.3) is 11.4 Å². The maximum Gasteiger partial charge on any atom is 0.200 e. The molecule has 2 aromatic heterocycles. The van der Waals surface area contributed by atoms with E-state index in [1.54, 1.807) is 32.7 Å². The molecule has 5 nitrogen and oxygen atoms in total. The molecular formula is C14H17N3O2. The zero-order valence-electron chi connectivity index (χ0n) is 11.3. The Morgan fingerprint density at radius 3 is 2.63 bits per heavy atom. The van der Waals surface area contributed by atoms with Crippen LogP contribution in [0.2, 0.25) is 0 Å². The number of nitrogens with zero attached hydrogens (tertiary/aromatic N) is 3. The highest BCUT2D eigenvalue weighted by Gasteiger charge is 2.13. The normalized spacial score (nSPS) is 10.9. The Balaban J connectivity index is 2.43. The average Bonchev–Trinajstić information content (AvgIpc) is 2.49. The summed E-state index contributed by atoms with van der Waals surface area (Å²) in [5, 5.41) is 0. The van der Waals surface area contributed by atoms with Crippen molar-refractivity contribution < 1.29 is 9.47 Å². The van der Waals surface area contributed by atoms with Crippen molar-refractivity contribution in [2.45, 2.75) is 19.6 Å². The van der Waals surface area contributed by atoms with Crippen LogP contribution < -0.4 is 0 Å². The lowest BCUT2D eigenvalue weighted by molar-refractivity contribution is -0.108. The first-order valence-corrected chi connectivity index (χ1v) is 6.12. The third kappa shape index (κ3) is 2.94. The van der Waals surface area contributed by atoms with E-state index in [2.05, 4.69) is 21.9 Å². The second-order valence-electron chi connectivity index (χ2n) is 3.99. The third-order valence-electron chi connectivity index (χ3n) is 2.87. The summed E-state index contributed by atoms with van der Waals surface area (Å²) in [4.78, 5) is 13.0. The molecular weight excluding hydrogens is 242 g/mol. The summed E-state index contributed by atoms with van der Waals surface area (Å²) in [5.74, 6) is 0.663. The predicted octanol–water partition coefficient (Wildman–Crippen LogP) is 2.39. The molecule has 0 N–H and O–H groups in total. The monoisotopic (exact) mass is 259 g/mol. The van der Waals surface area contributed by atoms with E-state index in [-0.39, 0.29) is 0 Å². The molecule has 2 heterocycles. The summed E-state index contributed by atoms with van der Waals surface area (Å²) in [6.07, 6.45) is 5.70. The molecule has 19 heavy (non-hydrogen) atoms. The molecule has 0 aromatic carbocycles. The summed E-state index contributed by atoms with van der Waals surface area (Å²) in [7, 11) is 3.17. The van der Waals surface area contributed by atoms with Gasteiger partial charge in [0.2, 0.25) is 6.29 Å². The SMILES string of the molecule is CCc1cnccc1-c1nccc(C(OC)OC)n1. The molecule has 2 aromatic rings. The molecule has 0 aliphatic carbocycles. The Kier molecular flexibility index (Phi) is 4.54. The van der Waals surface area contributed by atoms with Gasteiger partial charge in [0, 0.05) is 38.4 Å². The van der Waals surface area contributed by atoms with Crippen molar-refractivity contribution in [3.63, 3.8) is 0 Å². The molecule has 5 heteroatoms. The molecule has 2 rings (SSSR count). The fourth-order valence-electron chi connectivity index (χ4n) is 1.90. The standard InChI is InChI=1S/C14H17N3O2/c1-4-10-9-15-7-5-11(10)13-16-8-6-12(17-13)14(18-2)19-3/h5-9,14H,4H2,1-3H3. The van der Waals surface area contributed by atoms with Crippen LogP contribution in [0, 0.1) is 0 Å². The van der Waals surface area contributed by atoms with E-state index in [1.807, 2.05) is 12.3 Å². The van der Waals surface area contributed by atoms with Crippen LogP contribution in [-0.4, -0.2) is 29.2 Å². The van der Waals surface area contributed by atoms with Gasteiger partial charge in [0.15, 0.2) is 5.82 Å². The van der Waals surface area contributed by atoms with Gasteiger partial charge >= 0.3 is 0 Å². The quantitative estimate of drug-likeness (QED) is 0.772. The van der Waals surface area contributed by atoms with Crippen LogP contribution in [-0.2, 0) is 15.9 Å². The molecule has 0 saturated carbocycles. The van der Waals surface area contributed by atoms with Gasteiger partial charge in [-0.25, -0.2) is 9.97 Å². The minimum Gasteiger partial charge on any atom is -0.350 e. The van der Waals surface area contributed by atoms with Crippen molar-refractivity contribution in [3.05, 3.63) is 42.0 Å². The van der Waals surface area contributed by atoms with Gasteiger partial charge in [-0.3, -0.25) is 4.98 Å². The Labute approximate surface area is 112 Å². The Morgan fingerprint density at radius 2 is 1.95 bits per heavy atom. The van der Waals surface area contributed by atoms with Crippen molar-refractivity contribution in [2.24, 2.45) is 0 Å². The van der Waals surface area contributed by atoms with Crippen LogP contribution in [0.4, 0.5) is 0 Å². The summed E-state index contributed by atoms with van der Waals surface area (Å²) in [6, 6.07) is 3.71. The average molecular weight is 259 g/mol. The zero-order chi connectivity index (χ0) is 13.7. The first kappa shape index (κ1) is 13.6. The first-order chi connectivity index (χ1) is 9.30. The zero-order valence-corrected chi connectivity index (χ0v) is 11.3. The molecule has 0 spiro atoms. The minimum atomic E-state index is -0.478. The summed E-state index contributed by atoms with van der Waals surface area (Å²) >= 11 is 0. The molecule has 0 bridgehead atoms. The number of aromatic nitrogens is 3. The number of rotatable bonds is 5. The van der Waals surface area contributed by atoms with Crippen molar-refractivity contribution in [1.29, 1.82) is 0 Å². The molecule has 0 atom stereocenters. The van der Waals surface area contributed by atoms with Gasteiger partial charge in [0.1, 0.15) is 5.69 Å². The smallest absolute Gasteiger partial charge is 0.200 e. The van der Waals surface area contributed by atoms with Crippen molar-refractivity contribution >= 4 is 0 Å². The largest absolute Gasteiger partial charge is 0.350 e. The number of methoxy groups -OCH3 is 2. The third-order valence-corrected chi connectivity index (χ3v) is 2.87. The van der Waals surface area contributed by atoms with Crippen molar-refractivity contribution in [2.75, 3.05) is 14.2 Å². The van der Waals surface area contributed by atoms with Gasteiger partial charge in [0.05, 0.1) is 0 Å². The van der Waals surface area contributed by atoms with E-state index in [0.29, 0.717) is 11.5 Å². The van der Waals surface area contributed by atoms with Crippen molar-refractivity contribution in [3.8, 4) is 11.4 Å². The molecule has 0 saturated heterocycles. The highest BCUT2D eigenvalue weighted by atomic mass is 16.7. The summed E-state index contributed by atoms with van der Waals surface area (Å²) < 4.78 is 10.4. The second kappa shape index (κ2) is 6.36. The summed E-state index contributed by atoms with van der Waals surface area (Å²) in [5.41, 5.74) is 2.81. The Bertz CT molecular complexity index is 542. The fraction of sp³-hybridized carbons (Fsp3) is 0.357. The lowest BCUT2D eigenvalue weighted by Gasteiger charge is -2.13. The summed E-state index contributed by atoms with van der Waals surface area (Å²) in [6.45, 7) is 2.08. The topological polar surface area (TPSA) is 57.1 Å². The molecule has 0 fully saturated rings. The van der Waals surface area contributed by atoms with Crippen LogP contribution in [0.3, 0.4) is 0 Å². The molecule has 0 aliphatic rings. The van der Waals surface area contributed by atoms with Gasteiger partial charge in [-0.05, 0) is 24.1 Å². The second-order valence-corrected chi connectivity index (χ2v) is 3.99. The van der Waals surface area contributed by atoms with Gasteiger partial charge in [-0.2, -0.15) is 0 Å². The molecule has 0 amide bonds. The van der Waals surface area contributed by atoms with E-state index in [4.69, 9.17) is 9.47 Å². The van der Waals surface area contributed by atoms with Crippen molar-refractivity contribution in [1.82, 2.24) is 15.0 Å². The number of ether oxygens (including phenoxy) is 2. The van der Waals surface area contributed by atoms with Gasteiger partial charge in [0.25, 0.3) is 0 Å². The lowest BCUT2D eigenvalue weighted by Crippen LogP contribution is -2.07. The number of hydrogen-bond donors (Lipinski definition) is 0. The van der Waals surface area contributed by atoms with E-state index >= 15 is 0 Å². The Morgan fingerprint density at radius 1 is 1.16 bits per heavy atom. The molecule has 0 aliphatic heterocycles. The number of pyridine rings is 1. The van der Waals surface area contributed by atoms with Crippen LogP contribution in [0.15, 0.2) is 30.7 Å². The fourth-order valence-corrected chi connectivity index (χ4v) is 1.90. The van der Waals surface area contributed by atoms with Gasteiger partial charge in [-0.1, -0.05) is 6.92 Å². The van der Waals surface area contributed by atoms with Gasteiger partial charge < -0.3 is 9.47 Å². The van der Waals surface area contributed by atoms with Crippen LogP contribution >= 0.6 is 0 Å². The Hall–Kier alpha value is -1.85. The van der Waals surface area contributed by atoms with E-state index in [1.165, 1.54) is 0 Å². The highest BCUT2D eigenvalue weighted by Crippen LogP contribution is 2.22. The van der Waals surface area contributed by atoms with Crippen LogP contribution in [0.5, 0.6) is 0 Å². The lowest BCUT2D eigenvalue weighted by atomic mass is 10.1. The first-order valence-electron chi connectivity index (χ1n) is 6.12. The van der Waals surface area contributed by atoms with E-state index in [0.717, 1.165) is 17.5 Å². The number of aryl methyl sites for hydroxylation is 1. The maximum absolute atomic E-state index is 5.21. The maximum atomic E-state index is 5.21. The molecule has 100 valence electrons. The highest BCUT2D eigenvalue weighted by molar-refractivity contribution is 5.59. The molecule has 0 unspecified atom stereocenters. The van der Waals surface area contributed by atoms with Crippen LogP contribution in [0.1, 0.15) is 24.5 Å². The van der Waals surface area contributed by atoms with E-state index < -0.39 is 6.29 Å². The minimum absolute atomic E-state index is 0.478.